The van der Waals surface area contributed by atoms with Crippen LogP contribution in [0, 0.1) is 5.82 Å². The van der Waals surface area contributed by atoms with Crippen LogP contribution in [-0.4, -0.2) is 34.2 Å². The van der Waals surface area contributed by atoms with Crippen molar-refractivity contribution in [3.63, 3.8) is 0 Å². The first kappa shape index (κ1) is 17.2. The number of carbonyl (C=O) groups excluding carboxylic acids is 2. The highest BCUT2D eigenvalue weighted by Crippen LogP contribution is 2.29. The van der Waals surface area contributed by atoms with Crippen molar-refractivity contribution in [3.8, 4) is 0 Å². The number of anilines is 1. The molecular formula is C18H16FN3O2S. The first-order valence-corrected chi connectivity index (χ1v) is 8.54. The van der Waals surface area contributed by atoms with Crippen LogP contribution in [0.1, 0.15) is 6.42 Å². The molecule has 0 radical (unpaired) electrons. The van der Waals surface area contributed by atoms with Crippen molar-refractivity contribution in [3.05, 3.63) is 60.4 Å². The van der Waals surface area contributed by atoms with Gasteiger partial charge in [-0.25, -0.2) is 9.38 Å². The average molecular weight is 357 g/mol. The number of thioether (sulfide) groups is 1. The molecule has 0 unspecified atom stereocenters. The molecule has 3 rings (SSSR count). The zero-order valence-corrected chi connectivity index (χ0v) is 14.3. The predicted octanol–water partition coefficient (Wildman–Crippen LogP) is 3.42. The third kappa shape index (κ3) is 4.24. The summed E-state index contributed by atoms with van der Waals surface area (Å²) in [5.41, 5.74) is 1.06. The highest BCUT2D eigenvalue weighted by atomic mass is 32.2. The van der Waals surface area contributed by atoms with Crippen LogP contribution in [0.5, 0.6) is 0 Å². The molecule has 2 aromatic rings. The lowest BCUT2D eigenvalue weighted by molar-refractivity contribution is -0.128. The second-order valence-corrected chi connectivity index (χ2v) is 6.66. The van der Waals surface area contributed by atoms with Gasteiger partial charge in [-0.15, -0.1) is 0 Å². The maximum absolute atomic E-state index is 13.3. The first-order chi connectivity index (χ1) is 12.0. The molecule has 0 aromatic heterocycles. The highest BCUT2D eigenvalue weighted by molar-refractivity contribution is 8.15. The highest BCUT2D eigenvalue weighted by Gasteiger charge is 2.34. The van der Waals surface area contributed by atoms with Crippen molar-refractivity contribution in [2.24, 2.45) is 4.99 Å². The number of hydrogen-bond donors (Lipinski definition) is 1. The Labute approximate surface area is 148 Å². The minimum atomic E-state index is -0.587. The fourth-order valence-corrected chi connectivity index (χ4v) is 3.36. The maximum Gasteiger partial charge on any atom is 0.238 e. The summed E-state index contributed by atoms with van der Waals surface area (Å²) in [6.07, 6.45) is 0.0853. The van der Waals surface area contributed by atoms with E-state index in [1.807, 2.05) is 18.2 Å². The van der Waals surface area contributed by atoms with Gasteiger partial charge in [-0.2, -0.15) is 0 Å². The van der Waals surface area contributed by atoms with Crippen LogP contribution in [-0.2, 0) is 9.59 Å². The van der Waals surface area contributed by atoms with E-state index in [4.69, 9.17) is 0 Å². The molecule has 0 aliphatic carbocycles. The van der Waals surface area contributed by atoms with Gasteiger partial charge in [0.15, 0.2) is 5.17 Å². The summed E-state index contributed by atoms with van der Waals surface area (Å²) in [5, 5.41) is 2.58. The Hall–Kier alpha value is -2.67. The van der Waals surface area contributed by atoms with Crippen LogP contribution in [0.15, 0.2) is 59.6 Å². The van der Waals surface area contributed by atoms with Crippen LogP contribution in [0.2, 0.25) is 0 Å². The molecule has 1 aliphatic heterocycles. The van der Waals surface area contributed by atoms with Crippen molar-refractivity contribution in [2.75, 3.05) is 12.4 Å². The van der Waals surface area contributed by atoms with E-state index in [9.17, 15) is 14.0 Å². The molecule has 1 atom stereocenters. The third-order valence-electron chi connectivity index (χ3n) is 3.64. The van der Waals surface area contributed by atoms with E-state index in [-0.39, 0.29) is 18.2 Å². The number of nitrogens with one attached hydrogen (secondary N) is 1. The molecular weight excluding hydrogens is 341 g/mol. The number of aliphatic imine (C=N–C) groups is 1. The summed E-state index contributed by atoms with van der Waals surface area (Å²) in [4.78, 5) is 30.4. The molecule has 128 valence electrons. The largest absolute Gasteiger partial charge is 0.325 e. The zero-order valence-electron chi connectivity index (χ0n) is 13.5. The monoisotopic (exact) mass is 357 g/mol. The van der Waals surface area contributed by atoms with Gasteiger partial charge in [0.2, 0.25) is 11.8 Å². The fraction of sp³-hybridized carbons (Fsp3) is 0.167. The van der Waals surface area contributed by atoms with E-state index < -0.39 is 11.1 Å². The van der Waals surface area contributed by atoms with Gasteiger partial charge >= 0.3 is 0 Å². The SMILES string of the molecule is CN1C(=O)C[C@H](C(=O)Nc2ccccc2)SC1=Nc1cccc(F)c1. The van der Waals surface area contributed by atoms with Crippen molar-refractivity contribution in [1.82, 2.24) is 4.90 Å². The Morgan fingerprint density at radius 3 is 2.72 bits per heavy atom. The Bertz CT molecular complexity index is 826. The lowest BCUT2D eigenvalue weighted by Crippen LogP contribution is -2.43. The van der Waals surface area contributed by atoms with Gasteiger partial charge < -0.3 is 5.32 Å². The number of benzene rings is 2. The van der Waals surface area contributed by atoms with E-state index in [0.717, 1.165) is 0 Å². The van der Waals surface area contributed by atoms with E-state index in [0.29, 0.717) is 16.5 Å². The number of para-hydroxylation sites is 1. The molecule has 0 saturated carbocycles. The molecule has 1 fully saturated rings. The van der Waals surface area contributed by atoms with E-state index >= 15 is 0 Å². The quantitative estimate of drug-likeness (QED) is 0.916. The number of carbonyl (C=O) groups is 2. The molecule has 1 N–H and O–H groups in total. The fourth-order valence-electron chi connectivity index (χ4n) is 2.30. The van der Waals surface area contributed by atoms with Gasteiger partial charge in [0.05, 0.1) is 5.69 Å². The van der Waals surface area contributed by atoms with E-state index in [2.05, 4.69) is 10.3 Å². The molecule has 0 bridgehead atoms. The van der Waals surface area contributed by atoms with Crippen molar-refractivity contribution in [2.45, 2.75) is 11.7 Å². The normalized spacial score (nSPS) is 19.1. The average Bonchev–Trinajstić information content (AvgIpc) is 2.59. The molecule has 5 nitrogen and oxygen atoms in total. The minimum Gasteiger partial charge on any atom is -0.325 e. The number of hydrogen-bond acceptors (Lipinski definition) is 4. The van der Waals surface area contributed by atoms with Crippen LogP contribution >= 0.6 is 11.8 Å². The summed E-state index contributed by atoms with van der Waals surface area (Å²) in [6.45, 7) is 0. The first-order valence-electron chi connectivity index (χ1n) is 7.66. The van der Waals surface area contributed by atoms with E-state index in [1.165, 1.54) is 28.8 Å². The minimum absolute atomic E-state index is 0.0853. The maximum atomic E-state index is 13.3. The van der Waals surface area contributed by atoms with Gasteiger partial charge in [-0.3, -0.25) is 14.5 Å². The van der Waals surface area contributed by atoms with Crippen molar-refractivity contribution in [1.29, 1.82) is 0 Å². The smallest absolute Gasteiger partial charge is 0.238 e. The standard InChI is InChI=1S/C18H16FN3O2S/c1-22-16(23)11-15(17(24)20-13-7-3-2-4-8-13)25-18(22)21-14-9-5-6-12(19)10-14/h2-10,15H,11H2,1H3,(H,20,24)/t15-/m1/s1. The Morgan fingerprint density at radius 2 is 2.00 bits per heavy atom. The second kappa shape index (κ2) is 7.48. The lowest BCUT2D eigenvalue weighted by atomic mass is 10.2. The lowest BCUT2D eigenvalue weighted by Gasteiger charge is -2.28. The summed E-state index contributed by atoms with van der Waals surface area (Å²) in [6, 6.07) is 14.8. The van der Waals surface area contributed by atoms with Crippen molar-refractivity contribution < 1.29 is 14.0 Å². The van der Waals surface area contributed by atoms with E-state index in [1.54, 1.807) is 31.3 Å². The topological polar surface area (TPSA) is 61.8 Å². The van der Waals surface area contributed by atoms with Gasteiger partial charge in [0.25, 0.3) is 0 Å². The Morgan fingerprint density at radius 1 is 1.24 bits per heavy atom. The van der Waals surface area contributed by atoms with Gasteiger partial charge in [-0.05, 0) is 30.3 Å². The zero-order chi connectivity index (χ0) is 17.8. The molecule has 1 aliphatic rings. The number of nitrogens with zero attached hydrogens (tertiary/aromatic N) is 2. The summed E-state index contributed by atoms with van der Waals surface area (Å²) in [7, 11) is 1.60. The second-order valence-electron chi connectivity index (χ2n) is 5.49. The Kier molecular flexibility index (Phi) is 5.14. The van der Waals surface area contributed by atoms with Crippen LogP contribution in [0.3, 0.4) is 0 Å². The van der Waals surface area contributed by atoms with Crippen LogP contribution in [0.25, 0.3) is 0 Å². The molecule has 2 aromatic carbocycles. The third-order valence-corrected chi connectivity index (χ3v) is 4.88. The molecule has 25 heavy (non-hydrogen) atoms. The number of halogens is 1. The Balaban J connectivity index is 1.78. The summed E-state index contributed by atoms with van der Waals surface area (Å²) < 4.78 is 13.3. The van der Waals surface area contributed by atoms with Gasteiger partial charge in [-0.1, -0.05) is 36.0 Å². The molecule has 1 heterocycles. The molecule has 7 heteroatoms. The number of rotatable bonds is 3. The summed E-state index contributed by atoms with van der Waals surface area (Å²) in [5.74, 6) is -0.873. The summed E-state index contributed by atoms with van der Waals surface area (Å²) >= 11 is 1.19. The molecule has 0 spiro atoms. The predicted molar refractivity (Wildman–Crippen MR) is 97.3 cm³/mol. The number of amidine groups is 1. The number of amides is 2. The molecule has 2 amide bonds. The van der Waals surface area contributed by atoms with Gasteiger partial charge in [0, 0.05) is 19.2 Å². The van der Waals surface area contributed by atoms with Crippen molar-refractivity contribution >= 4 is 40.1 Å². The van der Waals surface area contributed by atoms with Crippen LogP contribution in [0.4, 0.5) is 15.8 Å². The van der Waals surface area contributed by atoms with Gasteiger partial charge in [0.1, 0.15) is 11.1 Å². The molecule has 1 saturated heterocycles. The van der Waals surface area contributed by atoms with Crippen LogP contribution < -0.4 is 5.32 Å².